The molecule has 1 aromatic rings. The maximum Gasteiger partial charge on any atom is 0.294 e. The number of hydrogen-bond acceptors (Lipinski definition) is 4. The minimum absolute atomic E-state index is 0.0756. The Bertz CT molecular complexity index is 674. The molecule has 114 valence electrons. The number of hydrogen-bond donors (Lipinski definition) is 2. The summed E-state index contributed by atoms with van der Waals surface area (Å²) in [5.41, 5.74) is -0.176. The molecule has 0 unspecified atom stereocenters. The van der Waals surface area contributed by atoms with Crippen LogP contribution >= 0.6 is 0 Å². The fourth-order valence-corrected chi connectivity index (χ4v) is 2.54. The summed E-state index contributed by atoms with van der Waals surface area (Å²) in [7, 11) is 3.17. The second-order valence-electron chi connectivity index (χ2n) is 5.53. The average molecular weight is 293 g/mol. The first-order valence-electron chi connectivity index (χ1n) is 6.77. The van der Waals surface area contributed by atoms with E-state index in [9.17, 15) is 19.5 Å². The third kappa shape index (κ3) is 2.28. The van der Waals surface area contributed by atoms with Gasteiger partial charge in [-0.3, -0.25) is 19.0 Å². The van der Waals surface area contributed by atoms with Gasteiger partial charge in [-0.15, -0.1) is 0 Å². The van der Waals surface area contributed by atoms with Gasteiger partial charge in [-0.2, -0.15) is 0 Å². The highest BCUT2D eigenvalue weighted by Crippen LogP contribution is 2.26. The monoisotopic (exact) mass is 293 g/mol. The largest absolute Gasteiger partial charge is 0.502 e. The van der Waals surface area contributed by atoms with E-state index >= 15 is 0 Å². The quantitative estimate of drug-likeness (QED) is 0.810. The lowest BCUT2D eigenvalue weighted by Gasteiger charge is -2.26. The molecule has 2 amide bonds. The van der Waals surface area contributed by atoms with Crippen LogP contribution in [0, 0.1) is 0 Å². The molecule has 21 heavy (non-hydrogen) atoms. The van der Waals surface area contributed by atoms with E-state index in [4.69, 9.17) is 0 Å². The zero-order chi connectivity index (χ0) is 15.9. The molecule has 0 saturated carbocycles. The fraction of sp³-hybridized carbons (Fsp3) is 0.500. The third-order valence-corrected chi connectivity index (χ3v) is 3.50. The van der Waals surface area contributed by atoms with Crippen LogP contribution in [0.2, 0.25) is 0 Å². The Labute approximate surface area is 122 Å². The molecule has 7 nitrogen and oxygen atoms in total. The highest BCUT2D eigenvalue weighted by atomic mass is 16.3. The first-order chi connectivity index (χ1) is 9.77. The van der Waals surface area contributed by atoms with Gasteiger partial charge in [0, 0.05) is 32.2 Å². The van der Waals surface area contributed by atoms with Gasteiger partial charge in [0.15, 0.2) is 5.75 Å². The summed E-state index contributed by atoms with van der Waals surface area (Å²) >= 11 is 0. The van der Waals surface area contributed by atoms with Crippen LogP contribution in [-0.4, -0.2) is 47.0 Å². The molecule has 1 aliphatic heterocycles. The van der Waals surface area contributed by atoms with Crippen LogP contribution < -0.4 is 10.9 Å². The molecule has 1 aliphatic rings. The summed E-state index contributed by atoms with van der Waals surface area (Å²) in [5, 5.41) is 12.6. The minimum atomic E-state index is -0.717. The SMILES string of the molecule is CC(C)n1c(C(=O)N(C)C)c2c(c(O)c1=O)C(=O)NCC2. The number of aromatic nitrogens is 1. The van der Waals surface area contributed by atoms with Crippen LogP contribution in [0.4, 0.5) is 0 Å². The average Bonchev–Trinajstić information content (AvgIpc) is 2.41. The molecule has 1 aromatic heterocycles. The lowest BCUT2D eigenvalue weighted by Crippen LogP contribution is -2.40. The van der Waals surface area contributed by atoms with Gasteiger partial charge in [-0.25, -0.2) is 0 Å². The lowest BCUT2D eigenvalue weighted by molar-refractivity contribution is 0.0811. The van der Waals surface area contributed by atoms with Gasteiger partial charge in [-0.1, -0.05) is 0 Å². The Kier molecular flexibility index (Phi) is 3.76. The van der Waals surface area contributed by atoms with Gasteiger partial charge in [0.05, 0.1) is 5.56 Å². The Hall–Kier alpha value is -2.31. The van der Waals surface area contributed by atoms with E-state index < -0.39 is 17.2 Å². The molecular weight excluding hydrogens is 274 g/mol. The van der Waals surface area contributed by atoms with Gasteiger partial charge in [0.1, 0.15) is 5.69 Å². The molecule has 7 heteroatoms. The summed E-state index contributed by atoms with van der Waals surface area (Å²) in [4.78, 5) is 38.1. The van der Waals surface area contributed by atoms with E-state index in [-0.39, 0.29) is 23.2 Å². The van der Waals surface area contributed by atoms with Gasteiger partial charge in [-0.05, 0) is 20.3 Å². The standard InChI is InChI=1S/C14H19N3O4/c1-7(2)17-10(13(20)16(3)4)8-5-6-15-12(19)9(8)11(18)14(17)21/h7,18H,5-6H2,1-4H3,(H,15,19). The summed E-state index contributed by atoms with van der Waals surface area (Å²) in [6.07, 6.45) is 0.399. The van der Waals surface area contributed by atoms with E-state index in [1.54, 1.807) is 27.9 Å². The van der Waals surface area contributed by atoms with Crippen molar-refractivity contribution in [2.24, 2.45) is 0 Å². The molecule has 0 fully saturated rings. The number of nitrogens with zero attached hydrogens (tertiary/aromatic N) is 2. The second kappa shape index (κ2) is 5.23. The van der Waals surface area contributed by atoms with Crippen LogP contribution in [0.5, 0.6) is 5.75 Å². The predicted molar refractivity (Wildman–Crippen MR) is 76.8 cm³/mol. The molecule has 0 radical (unpaired) electrons. The summed E-state index contributed by atoms with van der Waals surface area (Å²) in [6, 6.07) is -0.308. The molecule has 0 spiro atoms. The molecular formula is C14H19N3O4. The van der Waals surface area contributed by atoms with Crippen molar-refractivity contribution >= 4 is 11.8 Å². The molecule has 2 heterocycles. The number of pyridine rings is 1. The Morgan fingerprint density at radius 3 is 2.48 bits per heavy atom. The zero-order valence-electron chi connectivity index (χ0n) is 12.6. The number of rotatable bonds is 2. The number of fused-ring (bicyclic) bond motifs is 1. The van der Waals surface area contributed by atoms with Crippen molar-refractivity contribution in [3.05, 3.63) is 27.2 Å². The van der Waals surface area contributed by atoms with Crippen molar-refractivity contribution < 1.29 is 14.7 Å². The maximum absolute atomic E-state index is 12.5. The van der Waals surface area contributed by atoms with Gasteiger partial charge >= 0.3 is 0 Å². The van der Waals surface area contributed by atoms with E-state index in [1.165, 1.54) is 9.47 Å². The summed E-state index contributed by atoms with van der Waals surface area (Å²) in [5.74, 6) is -1.47. The van der Waals surface area contributed by atoms with E-state index in [0.717, 1.165) is 0 Å². The van der Waals surface area contributed by atoms with E-state index in [0.29, 0.717) is 18.5 Å². The zero-order valence-corrected chi connectivity index (χ0v) is 12.6. The Balaban J connectivity index is 2.92. The molecule has 0 aliphatic carbocycles. The van der Waals surface area contributed by atoms with Crippen molar-refractivity contribution in [1.29, 1.82) is 0 Å². The third-order valence-electron chi connectivity index (χ3n) is 3.50. The van der Waals surface area contributed by atoms with Gasteiger partial charge < -0.3 is 15.3 Å². The second-order valence-corrected chi connectivity index (χ2v) is 5.53. The molecule has 2 N–H and O–H groups in total. The Morgan fingerprint density at radius 2 is 1.95 bits per heavy atom. The molecule has 0 bridgehead atoms. The number of amides is 2. The van der Waals surface area contributed by atoms with Crippen molar-refractivity contribution in [3.8, 4) is 5.75 Å². The Morgan fingerprint density at radius 1 is 1.33 bits per heavy atom. The first kappa shape index (κ1) is 15.1. The van der Waals surface area contributed by atoms with Crippen LogP contribution in [-0.2, 0) is 6.42 Å². The lowest BCUT2D eigenvalue weighted by atomic mass is 9.96. The van der Waals surface area contributed by atoms with Crippen LogP contribution in [0.3, 0.4) is 0 Å². The van der Waals surface area contributed by atoms with E-state index in [2.05, 4.69) is 5.32 Å². The normalized spacial score (nSPS) is 13.9. The topological polar surface area (TPSA) is 91.6 Å². The summed E-state index contributed by atoms with van der Waals surface area (Å²) in [6.45, 7) is 3.88. The van der Waals surface area contributed by atoms with Gasteiger partial charge in [0.2, 0.25) is 0 Å². The summed E-state index contributed by atoms with van der Waals surface area (Å²) < 4.78 is 1.26. The van der Waals surface area contributed by atoms with Crippen molar-refractivity contribution in [3.63, 3.8) is 0 Å². The predicted octanol–water partition coefficient (Wildman–Crippen LogP) is 0.122. The van der Waals surface area contributed by atoms with Crippen LogP contribution in [0.15, 0.2) is 4.79 Å². The minimum Gasteiger partial charge on any atom is -0.502 e. The highest BCUT2D eigenvalue weighted by molar-refractivity contribution is 6.03. The number of carbonyl (C=O) groups is 2. The van der Waals surface area contributed by atoms with Crippen molar-refractivity contribution in [2.45, 2.75) is 26.3 Å². The van der Waals surface area contributed by atoms with Crippen molar-refractivity contribution in [2.75, 3.05) is 20.6 Å². The highest BCUT2D eigenvalue weighted by Gasteiger charge is 2.32. The molecule has 0 aromatic carbocycles. The fourth-order valence-electron chi connectivity index (χ4n) is 2.54. The van der Waals surface area contributed by atoms with Gasteiger partial charge in [0.25, 0.3) is 17.4 Å². The van der Waals surface area contributed by atoms with Crippen LogP contribution in [0.25, 0.3) is 0 Å². The smallest absolute Gasteiger partial charge is 0.294 e. The van der Waals surface area contributed by atoms with E-state index in [1.807, 2.05) is 0 Å². The first-order valence-corrected chi connectivity index (χ1v) is 6.77. The maximum atomic E-state index is 12.5. The molecule has 2 rings (SSSR count). The number of aromatic hydroxyl groups is 1. The number of carbonyl (C=O) groups excluding carboxylic acids is 2. The van der Waals surface area contributed by atoms with Crippen molar-refractivity contribution in [1.82, 2.24) is 14.8 Å². The number of nitrogens with one attached hydrogen (secondary N) is 1. The van der Waals surface area contributed by atoms with Crippen LogP contribution in [0.1, 0.15) is 46.3 Å². The molecule has 0 atom stereocenters. The molecule has 0 saturated heterocycles.